The Morgan fingerprint density at radius 3 is 2.88 bits per heavy atom. The molecule has 0 aromatic heterocycles. The van der Waals surface area contributed by atoms with Crippen molar-refractivity contribution in [1.29, 1.82) is 10.5 Å². The van der Waals surface area contributed by atoms with Gasteiger partial charge in [0.15, 0.2) is 0 Å². The first-order valence-electron chi connectivity index (χ1n) is 8.02. The minimum Gasteiger partial charge on any atom is -0.379 e. The molecule has 0 spiro atoms. The number of nitrogens with zero attached hydrogens (tertiary/aromatic N) is 3. The number of likely N-dealkylation sites (tertiary alicyclic amines) is 1. The van der Waals surface area contributed by atoms with Gasteiger partial charge in [0.1, 0.15) is 11.9 Å². The second-order valence-corrected chi connectivity index (χ2v) is 6.16. The van der Waals surface area contributed by atoms with Crippen LogP contribution in [0.15, 0.2) is 18.2 Å². The van der Waals surface area contributed by atoms with E-state index in [4.69, 9.17) is 10.5 Å². The number of halogens is 2. The Kier molecular flexibility index (Phi) is 6.19. The molecule has 2 fully saturated rings. The number of rotatable bonds is 3. The Balaban J connectivity index is 0.00000225. The Hall–Kier alpha value is -2.35. The Bertz CT molecular complexity index is 729. The number of nitrogens with one attached hydrogen (secondary N) is 2. The van der Waals surface area contributed by atoms with E-state index in [2.05, 4.69) is 16.7 Å². The summed E-state index contributed by atoms with van der Waals surface area (Å²) in [5.41, 5.74) is 0.595. The fourth-order valence-electron chi connectivity index (χ4n) is 3.32. The van der Waals surface area contributed by atoms with Gasteiger partial charge in [-0.3, -0.25) is 4.79 Å². The molecule has 25 heavy (non-hydrogen) atoms. The van der Waals surface area contributed by atoms with E-state index < -0.39 is 5.82 Å². The maximum atomic E-state index is 13.9. The summed E-state index contributed by atoms with van der Waals surface area (Å²) in [6, 6.07) is 7.59. The van der Waals surface area contributed by atoms with Gasteiger partial charge in [-0.15, -0.1) is 12.4 Å². The van der Waals surface area contributed by atoms with Gasteiger partial charge in [0, 0.05) is 19.1 Å². The number of nitriles is 2. The molecule has 6 nitrogen and oxygen atoms in total. The van der Waals surface area contributed by atoms with Crippen LogP contribution < -0.4 is 10.6 Å². The molecule has 2 saturated heterocycles. The third-order valence-corrected chi connectivity index (χ3v) is 4.57. The zero-order valence-corrected chi connectivity index (χ0v) is 14.4. The fourth-order valence-corrected chi connectivity index (χ4v) is 3.32. The van der Waals surface area contributed by atoms with Crippen LogP contribution in [0.4, 0.5) is 10.1 Å². The molecule has 2 heterocycles. The topological polar surface area (TPSA) is 91.9 Å². The van der Waals surface area contributed by atoms with E-state index in [-0.39, 0.29) is 42.0 Å². The Morgan fingerprint density at radius 1 is 1.40 bits per heavy atom. The maximum absolute atomic E-state index is 13.9. The molecule has 8 heteroatoms. The molecule has 2 N–H and O–H groups in total. The summed E-state index contributed by atoms with van der Waals surface area (Å²) in [6.07, 6.45) is 2.12. The minimum absolute atomic E-state index is 0. The third kappa shape index (κ3) is 4.01. The molecule has 0 bridgehead atoms. The van der Waals surface area contributed by atoms with E-state index in [1.165, 1.54) is 12.1 Å². The number of carbonyl (C=O) groups is 1. The van der Waals surface area contributed by atoms with Crippen LogP contribution in [0.25, 0.3) is 0 Å². The van der Waals surface area contributed by atoms with Crippen LogP contribution in [0.2, 0.25) is 0 Å². The lowest BCUT2D eigenvalue weighted by Gasteiger charge is -2.23. The van der Waals surface area contributed by atoms with Crippen molar-refractivity contribution in [2.45, 2.75) is 37.4 Å². The second kappa shape index (κ2) is 8.15. The maximum Gasteiger partial charge on any atom is 0.240 e. The number of amides is 1. The average molecular weight is 364 g/mol. The minimum atomic E-state index is -0.479. The van der Waals surface area contributed by atoms with Crippen LogP contribution >= 0.6 is 12.4 Å². The van der Waals surface area contributed by atoms with Crippen LogP contribution in [0.5, 0.6) is 0 Å². The van der Waals surface area contributed by atoms with Crippen molar-refractivity contribution in [3.8, 4) is 12.1 Å². The molecule has 0 saturated carbocycles. The molecule has 2 aliphatic heterocycles. The monoisotopic (exact) mass is 363 g/mol. The number of anilines is 1. The van der Waals surface area contributed by atoms with Gasteiger partial charge < -0.3 is 15.5 Å². The molecule has 1 aromatic carbocycles. The average Bonchev–Trinajstić information content (AvgIpc) is 3.25. The largest absolute Gasteiger partial charge is 0.379 e. The summed E-state index contributed by atoms with van der Waals surface area (Å²) in [5, 5.41) is 24.1. The molecular formula is C17H19ClFN5O. The first-order chi connectivity index (χ1) is 11.6. The SMILES string of the molecule is Cl.N#Cc1ccc(N[C@@H]2CN[C@H](C(=O)N3CCCC3C#N)C2)c(F)c1. The normalized spacial score (nSPS) is 24.9. The van der Waals surface area contributed by atoms with Crippen LogP contribution in [0.3, 0.4) is 0 Å². The van der Waals surface area contributed by atoms with Gasteiger partial charge >= 0.3 is 0 Å². The molecule has 1 aromatic rings. The number of carbonyl (C=O) groups excluding carboxylic acids is 1. The Labute approximate surface area is 152 Å². The van der Waals surface area contributed by atoms with Crippen molar-refractivity contribution in [1.82, 2.24) is 10.2 Å². The van der Waals surface area contributed by atoms with Crippen molar-refractivity contribution < 1.29 is 9.18 Å². The van der Waals surface area contributed by atoms with E-state index >= 15 is 0 Å². The first-order valence-corrected chi connectivity index (χ1v) is 8.02. The van der Waals surface area contributed by atoms with E-state index in [1.807, 2.05) is 6.07 Å². The van der Waals surface area contributed by atoms with Crippen LogP contribution in [0, 0.1) is 28.5 Å². The van der Waals surface area contributed by atoms with Gasteiger partial charge in [-0.2, -0.15) is 10.5 Å². The summed E-state index contributed by atoms with van der Waals surface area (Å²) < 4.78 is 13.9. The summed E-state index contributed by atoms with van der Waals surface area (Å²) >= 11 is 0. The molecule has 0 aliphatic carbocycles. The van der Waals surface area contributed by atoms with Gasteiger partial charge in [0.25, 0.3) is 0 Å². The molecule has 132 valence electrons. The molecule has 3 atom stereocenters. The Morgan fingerprint density at radius 2 is 2.20 bits per heavy atom. The zero-order valence-electron chi connectivity index (χ0n) is 13.5. The summed E-state index contributed by atoms with van der Waals surface area (Å²) in [4.78, 5) is 14.2. The summed E-state index contributed by atoms with van der Waals surface area (Å²) in [6.45, 7) is 1.17. The van der Waals surface area contributed by atoms with Crippen LogP contribution in [0.1, 0.15) is 24.8 Å². The lowest BCUT2D eigenvalue weighted by molar-refractivity contribution is -0.133. The van der Waals surface area contributed by atoms with Crippen molar-refractivity contribution in [2.24, 2.45) is 0 Å². The highest BCUT2D eigenvalue weighted by Gasteiger charge is 2.37. The first kappa shape index (κ1) is 19.0. The van der Waals surface area contributed by atoms with E-state index in [9.17, 15) is 9.18 Å². The molecule has 0 radical (unpaired) electrons. The van der Waals surface area contributed by atoms with Gasteiger partial charge in [-0.05, 0) is 37.5 Å². The van der Waals surface area contributed by atoms with Crippen molar-refractivity contribution in [3.05, 3.63) is 29.6 Å². The number of hydrogen-bond donors (Lipinski definition) is 2. The lowest BCUT2D eigenvalue weighted by Crippen LogP contribution is -2.45. The van der Waals surface area contributed by atoms with Crippen LogP contribution in [-0.4, -0.2) is 42.0 Å². The molecule has 2 aliphatic rings. The fraction of sp³-hybridized carbons (Fsp3) is 0.471. The molecule has 1 unspecified atom stereocenters. The standard InChI is InChI=1S/C17H18FN5O.ClH/c18-14-6-11(8-19)3-4-15(14)22-12-7-16(21-10-12)17(24)23-5-1-2-13(23)9-20;/h3-4,6,12-13,16,21-22H,1-2,5,7,10H2;1H/t12-,13?,16-;/m0./s1. The van der Waals surface area contributed by atoms with Crippen LogP contribution in [-0.2, 0) is 4.79 Å². The lowest BCUT2D eigenvalue weighted by atomic mass is 10.1. The summed E-state index contributed by atoms with van der Waals surface area (Å²) in [5.74, 6) is -0.531. The van der Waals surface area contributed by atoms with Crippen molar-refractivity contribution in [3.63, 3.8) is 0 Å². The van der Waals surface area contributed by atoms with Gasteiger partial charge in [0.2, 0.25) is 5.91 Å². The highest BCUT2D eigenvalue weighted by atomic mass is 35.5. The van der Waals surface area contributed by atoms with Crippen molar-refractivity contribution in [2.75, 3.05) is 18.4 Å². The quantitative estimate of drug-likeness (QED) is 0.854. The predicted molar refractivity (Wildman–Crippen MR) is 92.5 cm³/mol. The van der Waals surface area contributed by atoms with E-state index in [0.29, 0.717) is 25.2 Å². The highest BCUT2D eigenvalue weighted by molar-refractivity contribution is 5.85. The molecule has 1 amide bonds. The smallest absolute Gasteiger partial charge is 0.240 e. The second-order valence-electron chi connectivity index (χ2n) is 6.16. The predicted octanol–water partition coefficient (Wildman–Crippen LogP) is 1.78. The van der Waals surface area contributed by atoms with E-state index in [0.717, 1.165) is 12.8 Å². The highest BCUT2D eigenvalue weighted by Crippen LogP contribution is 2.23. The molecular weight excluding hydrogens is 345 g/mol. The van der Waals surface area contributed by atoms with Gasteiger partial charge in [-0.25, -0.2) is 4.39 Å². The summed E-state index contributed by atoms with van der Waals surface area (Å²) in [7, 11) is 0. The van der Waals surface area contributed by atoms with Gasteiger partial charge in [-0.1, -0.05) is 0 Å². The zero-order chi connectivity index (χ0) is 17.1. The van der Waals surface area contributed by atoms with Gasteiger partial charge in [0.05, 0.1) is 29.4 Å². The molecule has 3 rings (SSSR count). The number of hydrogen-bond acceptors (Lipinski definition) is 5. The third-order valence-electron chi connectivity index (χ3n) is 4.57. The number of benzene rings is 1. The van der Waals surface area contributed by atoms with Crippen molar-refractivity contribution >= 4 is 24.0 Å². The van der Waals surface area contributed by atoms with E-state index in [1.54, 1.807) is 11.0 Å².